The van der Waals surface area contributed by atoms with Crippen molar-refractivity contribution in [2.24, 2.45) is 0 Å². The summed E-state index contributed by atoms with van der Waals surface area (Å²) in [6, 6.07) is 5.39. The molecular formula is C14H16N4O. The zero-order valence-corrected chi connectivity index (χ0v) is 11.0. The number of pyridine rings is 1. The van der Waals surface area contributed by atoms with Crippen molar-refractivity contribution in [2.45, 2.75) is 20.3 Å². The number of carbonyl (C=O) groups is 1. The zero-order chi connectivity index (χ0) is 13.7. The van der Waals surface area contributed by atoms with E-state index in [2.05, 4.69) is 15.4 Å². The van der Waals surface area contributed by atoms with E-state index >= 15 is 0 Å². The summed E-state index contributed by atoms with van der Waals surface area (Å²) in [5.74, 6) is 0.480. The van der Waals surface area contributed by atoms with E-state index in [0.717, 1.165) is 6.42 Å². The van der Waals surface area contributed by atoms with Crippen molar-refractivity contribution in [3.05, 3.63) is 48.4 Å². The van der Waals surface area contributed by atoms with Crippen molar-refractivity contribution in [1.29, 1.82) is 0 Å². The molecule has 1 N–H and O–H groups in total. The maximum atomic E-state index is 12.0. The zero-order valence-electron chi connectivity index (χ0n) is 11.0. The summed E-state index contributed by atoms with van der Waals surface area (Å²) in [7, 11) is 0. The lowest BCUT2D eigenvalue weighted by Crippen LogP contribution is -2.15. The van der Waals surface area contributed by atoms with Crippen LogP contribution in [0.1, 0.15) is 20.3 Å². The average molecular weight is 256 g/mol. The fraction of sp³-hybridized carbons (Fsp3) is 0.214. The van der Waals surface area contributed by atoms with Crippen LogP contribution in [0.25, 0.3) is 5.82 Å². The van der Waals surface area contributed by atoms with E-state index in [0.29, 0.717) is 17.1 Å². The first-order chi connectivity index (χ1) is 9.22. The van der Waals surface area contributed by atoms with Crippen LogP contribution in [0.4, 0.5) is 5.69 Å². The molecule has 98 valence electrons. The Bertz CT molecular complexity index is 587. The molecule has 0 spiro atoms. The minimum absolute atomic E-state index is 0.122. The van der Waals surface area contributed by atoms with E-state index in [9.17, 15) is 4.79 Å². The molecule has 0 radical (unpaired) electrons. The van der Waals surface area contributed by atoms with Gasteiger partial charge in [-0.2, -0.15) is 5.10 Å². The minimum atomic E-state index is -0.122. The number of amides is 1. The summed E-state index contributed by atoms with van der Waals surface area (Å²) in [4.78, 5) is 16.2. The second kappa shape index (κ2) is 5.95. The van der Waals surface area contributed by atoms with Gasteiger partial charge in [0.15, 0.2) is 5.82 Å². The average Bonchev–Trinajstić information content (AvgIpc) is 2.93. The van der Waals surface area contributed by atoms with Gasteiger partial charge >= 0.3 is 0 Å². The van der Waals surface area contributed by atoms with Gasteiger partial charge in [-0.05, 0) is 31.5 Å². The van der Waals surface area contributed by atoms with Gasteiger partial charge in [0.25, 0.3) is 5.91 Å². The smallest absolute Gasteiger partial charge is 0.251 e. The number of nitrogens with zero attached hydrogens (tertiary/aromatic N) is 3. The molecule has 0 bridgehead atoms. The van der Waals surface area contributed by atoms with Crippen molar-refractivity contribution >= 4 is 11.6 Å². The van der Waals surface area contributed by atoms with Crippen LogP contribution in [0, 0.1) is 0 Å². The normalized spacial score (nSPS) is 11.4. The van der Waals surface area contributed by atoms with Crippen LogP contribution in [0.3, 0.4) is 0 Å². The predicted molar refractivity (Wildman–Crippen MR) is 74.0 cm³/mol. The molecule has 19 heavy (non-hydrogen) atoms. The summed E-state index contributed by atoms with van der Waals surface area (Å²) < 4.78 is 1.62. The molecule has 0 atom stereocenters. The van der Waals surface area contributed by atoms with Gasteiger partial charge in [0, 0.05) is 24.2 Å². The number of anilines is 1. The van der Waals surface area contributed by atoms with Crippen LogP contribution in [-0.4, -0.2) is 20.7 Å². The van der Waals surface area contributed by atoms with Gasteiger partial charge < -0.3 is 5.32 Å². The fourth-order valence-electron chi connectivity index (χ4n) is 1.69. The molecule has 0 aliphatic rings. The highest BCUT2D eigenvalue weighted by Gasteiger charge is 2.10. The van der Waals surface area contributed by atoms with Crippen molar-refractivity contribution < 1.29 is 4.79 Å². The highest BCUT2D eigenvalue weighted by molar-refractivity contribution is 6.04. The van der Waals surface area contributed by atoms with Gasteiger partial charge in [-0.25, -0.2) is 9.67 Å². The second-order valence-electron chi connectivity index (χ2n) is 4.07. The number of rotatable bonds is 4. The van der Waals surface area contributed by atoms with Gasteiger partial charge in [0.2, 0.25) is 0 Å². The third kappa shape index (κ3) is 3.07. The molecule has 0 unspecified atom stereocenters. The topological polar surface area (TPSA) is 59.8 Å². The summed E-state index contributed by atoms with van der Waals surface area (Å²) >= 11 is 0. The number of nitrogens with one attached hydrogen (secondary N) is 1. The van der Waals surface area contributed by atoms with Crippen LogP contribution in [0.2, 0.25) is 0 Å². The molecule has 0 aliphatic heterocycles. The number of carbonyl (C=O) groups excluding carboxylic acids is 1. The Hall–Kier alpha value is -2.43. The Morgan fingerprint density at radius 1 is 1.42 bits per heavy atom. The number of allylic oxidation sites excluding steroid dienone is 1. The summed E-state index contributed by atoms with van der Waals surface area (Å²) in [6.45, 7) is 3.79. The quantitative estimate of drug-likeness (QED) is 0.855. The molecule has 0 fully saturated rings. The van der Waals surface area contributed by atoms with Crippen molar-refractivity contribution in [2.75, 3.05) is 5.32 Å². The van der Waals surface area contributed by atoms with Gasteiger partial charge in [-0.1, -0.05) is 13.0 Å². The van der Waals surface area contributed by atoms with Crippen LogP contribution < -0.4 is 5.32 Å². The van der Waals surface area contributed by atoms with E-state index in [1.165, 1.54) is 0 Å². The van der Waals surface area contributed by atoms with Crippen molar-refractivity contribution in [3.8, 4) is 5.82 Å². The lowest BCUT2D eigenvalue weighted by molar-refractivity contribution is -0.112. The molecule has 1 amide bonds. The Kier molecular flexibility index (Phi) is 4.07. The molecule has 0 saturated carbocycles. The maximum absolute atomic E-state index is 12.0. The Morgan fingerprint density at radius 3 is 2.95 bits per heavy atom. The fourth-order valence-corrected chi connectivity index (χ4v) is 1.69. The molecule has 2 aromatic rings. The SMILES string of the molecule is CC/C=C(/C)C(=O)Nc1cccnc1-n1cccn1. The predicted octanol–water partition coefficient (Wildman–Crippen LogP) is 2.56. The standard InChI is InChI=1S/C14H16N4O/c1-3-6-11(2)14(19)17-12-7-4-8-15-13(12)18-10-5-9-16-18/h4-10H,3H2,1-2H3,(H,17,19)/b11-6-. The van der Waals surface area contributed by atoms with E-state index in [1.54, 1.807) is 42.3 Å². The van der Waals surface area contributed by atoms with Crippen LogP contribution in [0.15, 0.2) is 48.4 Å². The summed E-state index contributed by atoms with van der Waals surface area (Å²) in [6.07, 6.45) is 7.84. The highest BCUT2D eigenvalue weighted by atomic mass is 16.1. The summed E-state index contributed by atoms with van der Waals surface area (Å²) in [5.41, 5.74) is 1.33. The first kappa shape index (κ1) is 13.0. The van der Waals surface area contributed by atoms with Crippen molar-refractivity contribution in [3.63, 3.8) is 0 Å². The lowest BCUT2D eigenvalue weighted by atomic mass is 10.2. The van der Waals surface area contributed by atoms with Gasteiger partial charge in [-0.15, -0.1) is 0 Å². The van der Waals surface area contributed by atoms with Crippen molar-refractivity contribution in [1.82, 2.24) is 14.8 Å². The van der Waals surface area contributed by atoms with Crippen LogP contribution in [-0.2, 0) is 4.79 Å². The Labute approximate surface area is 112 Å². The first-order valence-electron chi connectivity index (χ1n) is 6.15. The summed E-state index contributed by atoms with van der Waals surface area (Å²) in [5, 5.41) is 6.98. The van der Waals surface area contributed by atoms with Gasteiger partial charge in [0.05, 0.1) is 5.69 Å². The first-order valence-corrected chi connectivity index (χ1v) is 6.15. The van der Waals surface area contributed by atoms with E-state index < -0.39 is 0 Å². The molecule has 5 heteroatoms. The molecule has 0 aromatic carbocycles. The minimum Gasteiger partial charge on any atom is -0.319 e. The second-order valence-corrected chi connectivity index (χ2v) is 4.07. The number of aromatic nitrogens is 3. The van der Waals surface area contributed by atoms with Crippen LogP contribution in [0.5, 0.6) is 0 Å². The van der Waals surface area contributed by atoms with E-state index in [1.807, 2.05) is 19.1 Å². The molecular weight excluding hydrogens is 240 g/mol. The number of hydrogen-bond donors (Lipinski definition) is 1. The third-order valence-corrected chi connectivity index (χ3v) is 2.62. The lowest BCUT2D eigenvalue weighted by Gasteiger charge is -2.10. The molecule has 2 rings (SSSR count). The largest absolute Gasteiger partial charge is 0.319 e. The Balaban J connectivity index is 2.27. The Morgan fingerprint density at radius 2 is 2.26 bits per heavy atom. The molecule has 2 heterocycles. The highest BCUT2D eigenvalue weighted by Crippen LogP contribution is 2.16. The number of hydrogen-bond acceptors (Lipinski definition) is 3. The van der Waals surface area contributed by atoms with E-state index in [4.69, 9.17) is 0 Å². The molecule has 2 aromatic heterocycles. The maximum Gasteiger partial charge on any atom is 0.251 e. The van der Waals surface area contributed by atoms with Gasteiger partial charge in [0.1, 0.15) is 0 Å². The third-order valence-electron chi connectivity index (χ3n) is 2.62. The molecule has 0 saturated heterocycles. The van der Waals surface area contributed by atoms with Gasteiger partial charge in [-0.3, -0.25) is 4.79 Å². The molecule has 5 nitrogen and oxygen atoms in total. The van der Waals surface area contributed by atoms with Crippen LogP contribution >= 0.6 is 0 Å². The van der Waals surface area contributed by atoms with E-state index in [-0.39, 0.29) is 5.91 Å². The molecule has 0 aliphatic carbocycles. The monoisotopic (exact) mass is 256 g/mol.